The average molecular weight is 410 g/mol. The molecule has 28 heavy (non-hydrogen) atoms. The van der Waals surface area contributed by atoms with E-state index in [0.29, 0.717) is 16.7 Å². The number of anilines is 2. The van der Waals surface area contributed by atoms with Crippen LogP contribution < -0.4 is 5.32 Å². The Kier molecular flexibility index (Phi) is 5.42. The van der Waals surface area contributed by atoms with Crippen molar-refractivity contribution in [1.82, 2.24) is 9.97 Å². The fourth-order valence-corrected chi connectivity index (χ4v) is 2.86. The van der Waals surface area contributed by atoms with E-state index in [4.69, 9.17) is 16.3 Å². The number of alkyl halides is 3. The normalized spacial score (nSPS) is 11.5. The molecular formula is C19H15ClF3N3O2. The molecule has 3 aromatic rings. The van der Waals surface area contributed by atoms with E-state index in [2.05, 4.69) is 15.3 Å². The highest BCUT2D eigenvalue weighted by atomic mass is 35.5. The molecule has 146 valence electrons. The molecule has 0 aliphatic rings. The SMILES string of the molecule is CCOC(=O)c1cnc2nc(C)ccc2c1Nc1ccc(Cl)c(C(F)(F)F)c1. The fourth-order valence-electron chi connectivity index (χ4n) is 2.63. The van der Waals surface area contributed by atoms with Crippen LogP contribution in [0.25, 0.3) is 11.0 Å². The van der Waals surface area contributed by atoms with Gasteiger partial charge in [-0.1, -0.05) is 11.6 Å². The first-order chi connectivity index (χ1) is 13.2. The van der Waals surface area contributed by atoms with Crippen molar-refractivity contribution in [2.45, 2.75) is 20.0 Å². The topological polar surface area (TPSA) is 64.1 Å². The smallest absolute Gasteiger partial charge is 0.417 e. The van der Waals surface area contributed by atoms with Crippen molar-refractivity contribution in [2.75, 3.05) is 11.9 Å². The van der Waals surface area contributed by atoms with E-state index in [-0.39, 0.29) is 23.5 Å². The van der Waals surface area contributed by atoms with Gasteiger partial charge >= 0.3 is 12.1 Å². The zero-order valence-corrected chi connectivity index (χ0v) is 15.6. The standard InChI is InChI=1S/C19H15ClF3N3O2/c1-3-28-18(27)13-9-24-17-12(6-4-10(2)25-17)16(13)26-11-5-7-15(20)14(8-11)19(21,22)23/h4-9H,3H2,1-2H3,(H,24,25,26). The van der Waals surface area contributed by atoms with Crippen molar-refractivity contribution in [3.8, 4) is 0 Å². The molecule has 1 N–H and O–H groups in total. The molecule has 5 nitrogen and oxygen atoms in total. The van der Waals surface area contributed by atoms with Gasteiger partial charge in [0.1, 0.15) is 5.56 Å². The van der Waals surface area contributed by atoms with Gasteiger partial charge in [0.2, 0.25) is 0 Å². The molecule has 0 amide bonds. The summed E-state index contributed by atoms with van der Waals surface area (Å²) in [5, 5.41) is 2.93. The molecule has 2 heterocycles. The fraction of sp³-hybridized carbons (Fsp3) is 0.211. The van der Waals surface area contributed by atoms with E-state index in [1.54, 1.807) is 26.0 Å². The van der Waals surface area contributed by atoms with Crippen molar-refractivity contribution in [3.63, 3.8) is 0 Å². The third-order valence-corrected chi connectivity index (χ3v) is 4.24. The molecule has 9 heteroatoms. The Bertz CT molecular complexity index is 1050. The number of halogens is 4. The Morgan fingerprint density at radius 2 is 2.00 bits per heavy atom. The lowest BCUT2D eigenvalue weighted by Crippen LogP contribution is -2.10. The number of hydrogen-bond donors (Lipinski definition) is 1. The summed E-state index contributed by atoms with van der Waals surface area (Å²) in [5.74, 6) is -0.648. The van der Waals surface area contributed by atoms with Crippen molar-refractivity contribution >= 4 is 40.0 Å². The van der Waals surface area contributed by atoms with Crippen LogP contribution in [-0.2, 0) is 10.9 Å². The van der Waals surface area contributed by atoms with Crippen molar-refractivity contribution < 1.29 is 22.7 Å². The third kappa shape index (κ3) is 4.01. The molecule has 2 aromatic heterocycles. The minimum Gasteiger partial charge on any atom is -0.462 e. The molecule has 0 aliphatic carbocycles. The molecular weight excluding hydrogens is 395 g/mol. The van der Waals surface area contributed by atoms with Crippen LogP contribution in [0.4, 0.5) is 24.5 Å². The first-order valence-electron chi connectivity index (χ1n) is 8.28. The van der Waals surface area contributed by atoms with Gasteiger partial charge in [-0.15, -0.1) is 0 Å². The molecule has 0 aliphatic heterocycles. The van der Waals surface area contributed by atoms with Gasteiger partial charge in [0, 0.05) is 23.0 Å². The summed E-state index contributed by atoms with van der Waals surface area (Å²) in [4.78, 5) is 20.8. The van der Waals surface area contributed by atoms with Crippen molar-refractivity contribution in [1.29, 1.82) is 0 Å². The van der Waals surface area contributed by atoms with Crippen molar-refractivity contribution in [3.05, 3.63) is 58.4 Å². The summed E-state index contributed by atoms with van der Waals surface area (Å²) in [6.07, 6.45) is -3.33. The summed E-state index contributed by atoms with van der Waals surface area (Å²) in [5.41, 5.74) is 0.524. The third-order valence-electron chi connectivity index (χ3n) is 3.91. The van der Waals surface area contributed by atoms with Gasteiger partial charge in [-0.25, -0.2) is 14.8 Å². The number of fused-ring (bicyclic) bond motifs is 1. The highest BCUT2D eigenvalue weighted by molar-refractivity contribution is 6.31. The van der Waals surface area contributed by atoms with E-state index in [9.17, 15) is 18.0 Å². The highest BCUT2D eigenvalue weighted by Gasteiger charge is 2.33. The highest BCUT2D eigenvalue weighted by Crippen LogP contribution is 2.37. The minimum atomic E-state index is -4.61. The predicted molar refractivity (Wildman–Crippen MR) is 100.0 cm³/mol. The van der Waals surface area contributed by atoms with E-state index in [0.717, 1.165) is 12.1 Å². The lowest BCUT2D eigenvalue weighted by Gasteiger charge is -2.16. The zero-order chi connectivity index (χ0) is 20.5. The van der Waals surface area contributed by atoms with Crippen LogP contribution in [0, 0.1) is 6.92 Å². The molecule has 0 fully saturated rings. The Morgan fingerprint density at radius 1 is 1.25 bits per heavy atom. The second-order valence-corrected chi connectivity index (χ2v) is 6.32. The first-order valence-corrected chi connectivity index (χ1v) is 8.65. The summed E-state index contributed by atoms with van der Waals surface area (Å²) in [7, 11) is 0. The van der Waals surface area contributed by atoms with Crippen molar-refractivity contribution in [2.24, 2.45) is 0 Å². The molecule has 0 saturated carbocycles. The number of esters is 1. The molecule has 0 atom stereocenters. The van der Waals surface area contributed by atoms with Crippen LogP contribution in [0.15, 0.2) is 36.5 Å². The lowest BCUT2D eigenvalue weighted by molar-refractivity contribution is -0.137. The van der Waals surface area contributed by atoms with Gasteiger partial charge in [-0.2, -0.15) is 13.2 Å². The summed E-state index contributed by atoms with van der Waals surface area (Å²) in [6, 6.07) is 6.82. The van der Waals surface area contributed by atoms with E-state index in [1.807, 2.05) is 0 Å². The Morgan fingerprint density at radius 3 is 2.68 bits per heavy atom. The largest absolute Gasteiger partial charge is 0.462 e. The molecule has 0 saturated heterocycles. The van der Waals surface area contributed by atoms with Gasteiger partial charge in [0.05, 0.1) is 22.9 Å². The molecule has 0 spiro atoms. The maximum atomic E-state index is 13.2. The number of aryl methyl sites for hydroxylation is 1. The lowest BCUT2D eigenvalue weighted by atomic mass is 10.1. The number of nitrogens with zero attached hydrogens (tertiary/aromatic N) is 2. The number of aromatic nitrogens is 2. The second kappa shape index (κ2) is 7.63. The average Bonchev–Trinajstić information content (AvgIpc) is 2.62. The molecule has 0 bridgehead atoms. The Balaban J connectivity index is 2.16. The van der Waals surface area contributed by atoms with Crippen LogP contribution in [-0.4, -0.2) is 22.5 Å². The number of carbonyl (C=O) groups excluding carboxylic acids is 1. The maximum Gasteiger partial charge on any atom is 0.417 e. The van der Waals surface area contributed by atoms with E-state index < -0.39 is 22.7 Å². The van der Waals surface area contributed by atoms with Crippen LogP contribution >= 0.6 is 11.6 Å². The van der Waals surface area contributed by atoms with Gasteiger partial charge in [0.15, 0.2) is 5.65 Å². The molecule has 0 radical (unpaired) electrons. The minimum absolute atomic E-state index is 0.0866. The number of carbonyl (C=O) groups is 1. The zero-order valence-electron chi connectivity index (χ0n) is 14.9. The monoisotopic (exact) mass is 409 g/mol. The number of benzene rings is 1. The maximum absolute atomic E-state index is 13.2. The molecule has 0 unspecified atom stereocenters. The van der Waals surface area contributed by atoms with Gasteiger partial charge in [-0.3, -0.25) is 0 Å². The van der Waals surface area contributed by atoms with Gasteiger partial charge in [0.25, 0.3) is 0 Å². The van der Waals surface area contributed by atoms with Gasteiger partial charge in [-0.05, 0) is 44.2 Å². The molecule has 3 rings (SSSR count). The predicted octanol–water partition coefficient (Wildman–Crippen LogP) is 5.53. The second-order valence-electron chi connectivity index (χ2n) is 5.91. The number of rotatable bonds is 4. The summed E-state index contributed by atoms with van der Waals surface area (Å²) >= 11 is 5.68. The van der Waals surface area contributed by atoms with E-state index >= 15 is 0 Å². The van der Waals surface area contributed by atoms with Crippen LogP contribution in [0.1, 0.15) is 28.5 Å². The van der Waals surface area contributed by atoms with Crippen LogP contribution in [0.2, 0.25) is 5.02 Å². The van der Waals surface area contributed by atoms with E-state index in [1.165, 1.54) is 12.3 Å². The molecule has 1 aromatic carbocycles. The summed E-state index contributed by atoms with van der Waals surface area (Å²) < 4.78 is 44.5. The van der Waals surface area contributed by atoms with Crippen LogP contribution in [0.3, 0.4) is 0 Å². The number of ether oxygens (including phenoxy) is 1. The first kappa shape index (κ1) is 19.9. The van der Waals surface area contributed by atoms with Gasteiger partial charge < -0.3 is 10.1 Å². The van der Waals surface area contributed by atoms with Crippen LogP contribution in [0.5, 0.6) is 0 Å². The number of nitrogens with one attached hydrogen (secondary N) is 1. The number of hydrogen-bond acceptors (Lipinski definition) is 5. The number of pyridine rings is 2. The Labute approximate surface area is 163 Å². The quantitative estimate of drug-likeness (QED) is 0.574. The summed E-state index contributed by atoms with van der Waals surface area (Å²) in [6.45, 7) is 3.57. The Hall–Kier alpha value is -2.87.